The lowest BCUT2D eigenvalue weighted by molar-refractivity contribution is -0.132. The van der Waals surface area contributed by atoms with Crippen molar-refractivity contribution >= 4 is 15.9 Å². The van der Waals surface area contributed by atoms with Crippen LogP contribution in [-0.4, -0.2) is 44.1 Å². The zero-order valence-electron chi connectivity index (χ0n) is 12.2. The van der Waals surface area contributed by atoms with Gasteiger partial charge in [-0.3, -0.25) is 4.79 Å². The fraction of sp³-hybridized carbons (Fsp3) is 0.923. The van der Waals surface area contributed by atoms with E-state index in [0.29, 0.717) is 6.42 Å². The Kier molecular flexibility index (Phi) is 6.26. The number of likely N-dealkylation sites (tertiary alicyclic amines) is 1. The van der Waals surface area contributed by atoms with Crippen LogP contribution in [0, 0.1) is 5.92 Å². The molecular weight excluding hydrogens is 264 g/mol. The van der Waals surface area contributed by atoms with Crippen molar-refractivity contribution in [2.45, 2.75) is 52.5 Å². The maximum atomic E-state index is 12.3. The number of carbonyl (C=O) groups is 1. The van der Waals surface area contributed by atoms with Crippen molar-refractivity contribution in [3.63, 3.8) is 0 Å². The fourth-order valence-electron chi connectivity index (χ4n) is 2.19. The van der Waals surface area contributed by atoms with Gasteiger partial charge in [-0.05, 0) is 25.2 Å². The van der Waals surface area contributed by atoms with Gasteiger partial charge in [-0.15, -0.1) is 0 Å². The summed E-state index contributed by atoms with van der Waals surface area (Å²) < 4.78 is 26.5. The first-order valence-electron chi connectivity index (χ1n) is 7.16. The second-order valence-corrected chi connectivity index (χ2v) is 7.42. The van der Waals surface area contributed by atoms with E-state index in [4.69, 9.17) is 0 Å². The summed E-state index contributed by atoms with van der Waals surface area (Å²) in [7, 11) is -3.36. The Morgan fingerprint density at radius 3 is 2.32 bits per heavy atom. The minimum atomic E-state index is -3.36. The van der Waals surface area contributed by atoms with Gasteiger partial charge < -0.3 is 4.90 Å². The van der Waals surface area contributed by atoms with Crippen LogP contribution in [-0.2, 0) is 14.8 Å². The molecular formula is C13H26N2O3S. The number of nitrogens with one attached hydrogen (secondary N) is 1. The minimum Gasteiger partial charge on any atom is -0.341 e. The van der Waals surface area contributed by atoms with Crippen molar-refractivity contribution in [1.29, 1.82) is 0 Å². The largest absolute Gasteiger partial charge is 0.341 e. The summed E-state index contributed by atoms with van der Waals surface area (Å²) in [6, 6.07) is -0.625. The van der Waals surface area contributed by atoms with Crippen LogP contribution in [0.5, 0.6) is 0 Å². The first-order valence-corrected chi connectivity index (χ1v) is 8.81. The van der Waals surface area contributed by atoms with Crippen LogP contribution in [0.3, 0.4) is 0 Å². The van der Waals surface area contributed by atoms with Gasteiger partial charge in [0.05, 0.1) is 5.75 Å². The van der Waals surface area contributed by atoms with Crippen molar-refractivity contribution in [1.82, 2.24) is 9.62 Å². The Hall–Kier alpha value is -0.620. The lowest BCUT2D eigenvalue weighted by Gasteiger charge is -2.26. The van der Waals surface area contributed by atoms with E-state index >= 15 is 0 Å². The van der Waals surface area contributed by atoms with Crippen LogP contribution in [0.2, 0.25) is 0 Å². The lowest BCUT2D eigenvalue weighted by atomic mass is 10.0. The molecule has 1 aliphatic rings. The summed E-state index contributed by atoms with van der Waals surface area (Å²) in [5, 5.41) is 0. The molecule has 0 aliphatic carbocycles. The first-order chi connectivity index (χ1) is 8.87. The van der Waals surface area contributed by atoms with E-state index in [1.165, 1.54) is 0 Å². The quantitative estimate of drug-likeness (QED) is 0.769. The summed E-state index contributed by atoms with van der Waals surface area (Å²) in [6.45, 7) is 7.20. The molecule has 1 aliphatic heterocycles. The first kappa shape index (κ1) is 16.4. The molecule has 0 bridgehead atoms. The Bertz CT molecular complexity index is 387. The number of carbonyl (C=O) groups excluding carboxylic acids is 1. The average Bonchev–Trinajstić information content (AvgIpc) is 2.86. The zero-order chi connectivity index (χ0) is 14.5. The van der Waals surface area contributed by atoms with Crippen LogP contribution in [0.15, 0.2) is 0 Å². The number of rotatable bonds is 7. The van der Waals surface area contributed by atoms with Crippen molar-refractivity contribution in [3.05, 3.63) is 0 Å². The van der Waals surface area contributed by atoms with Gasteiger partial charge in [-0.2, -0.15) is 0 Å². The maximum Gasteiger partial charge on any atom is 0.241 e. The number of sulfonamides is 1. The summed E-state index contributed by atoms with van der Waals surface area (Å²) in [5.74, 6) is -0.0166. The molecule has 0 aromatic heterocycles. The highest BCUT2D eigenvalue weighted by molar-refractivity contribution is 7.89. The van der Waals surface area contributed by atoms with E-state index in [9.17, 15) is 13.2 Å². The van der Waals surface area contributed by atoms with E-state index in [0.717, 1.165) is 32.4 Å². The average molecular weight is 290 g/mol. The smallest absolute Gasteiger partial charge is 0.241 e. The van der Waals surface area contributed by atoms with Crippen molar-refractivity contribution in [2.24, 2.45) is 5.92 Å². The van der Waals surface area contributed by atoms with Gasteiger partial charge in [0.1, 0.15) is 6.04 Å². The van der Waals surface area contributed by atoms with Gasteiger partial charge in [0.2, 0.25) is 15.9 Å². The third-order valence-electron chi connectivity index (χ3n) is 3.42. The van der Waals surface area contributed by atoms with Gasteiger partial charge >= 0.3 is 0 Å². The molecule has 6 heteroatoms. The molecule has 0 saturated carbocycles. The summed E-state index contributed by atoms with van der Waals surface area (Å²) in [5.41, 5.74) is 0. The fourth-order valence-corrected chi connectivity index (χ4v) is 3.74. The second kappa shape index (κ2) is 7.24. The summed E-state index contributed by atoms with van der Waals surface area (Å²) >= 11 is 0. The van der Waals surface area contributed by atoms with Gasteiger partial charge in [-0.25, -0.2) is 13.1 Å². The van der Waals surface area contributed by atoms with E-state index in [1.807, 2.05) is 20.8 Å². The molecule has 0 aromatic carbocycles. The maximum absolute atomic E-state index is 12.3. The zero-order valence-corrected chi connectivity index (χ0v) is 13.0. The Labute approximate surface area is 116 Å². The molecule has 5 nitrogen and oxygen atoms in total. The Morgan fingerprint density at radius 2 is 1.84 bits per heavy atom. The molecule has 0 aromatic rings. The molecule has 112 valence electrons. The second-order valence-electron chi connectivity index (χ2n) is 5.54. The molecule has 1 atom stereocenters. The van der Waals surface area contributed by atoms with E-state index in [1.54, 1.807) is 4.90 Å². The highest BCUT2D eigenvalue weighted by Crippen LogP contribution is 2.14. The van der Waals surface area contributed by atoms with E-state index < -0.39 is 16.1 Å². The Balaban J connectivity index is 2.69. The molecule has 0 spiro atoms. The third kappa shape index (κ3) is 5.10. The van der Waals surface area contributed by atoms with Gasteiger partial charge in [0.25, 0.3) is 0 Å². The van der Waals surface area contributed by atoms with Crippen molar-refractivity contribution in [3.8, 4) is 0 Å². The molecule has 1 fully saturated rings. The molecule has 1 saturated heterocycles. The molecule has 1 heterocycles. The summed E-state index contributed by atoms with van der Waals surface area (Å²) in [6.07, 6.45) is 3.48. The van der Waals surface area contributed by atoms with Gasteiger partial charge in [-0.1, -0.05) is 27.2 Å². The number of hydrogen-bond donors (Lipinski definition) is 1. The van der Waals surface area contributed by atoms with E-state index in [-0.39, 0.29) is 17.6 Å². The third-order valence-corrected chi connectivity index (χ3v) is 4.86. The lowest BCUT2D eigenvalue weighted by Crippen LogP contribution is -2.50. The van der Waals surface area contributed by atoms with Gasteiger partial charge in [0.15, 0.2) is 0 Å². The number of unbranched alkanes of at least 4 members (excludes halogenated alkanes) is 1. The molecule has 1 amide bonds. The predicted octanol–water partition coefficient (Wildman–Crippen LogP) is 1.35. The predicted molar refractivity (Wildman–Crippen MR) is 76.3 cm³/mol. The Morgan fingerprint density at radius 1 is 1.26 bits per heavy atom. The van der Waals surface area contributed by atoms with Crippen LogP contribution in [0.4, 0.5) is 0 Å². The monoisotopic (exact) mass is 290 g/mol. The molecule has 0 radical (unpaired) electrons. The molecule has 1 N–H and O–H groups in total. The SMILES string of the molecule is CCCCS(=O)(=O)N[C@H](C(=O)N1CCCC1)C(C)C. The molecule has 0 unspecified atom stereocenters. The van der Waals surface area contributed by atoms with Crippen LogP contribution in [0.25, 0.3) is 0 Å². The standard InChI is InChI=1S/C13H26N2O3S/c1-4-5-10-19(17,18)14-12(11(2)3)13(16)15-8-6-7-9-15/h11-12,14H,4-10H2,1-3H3/t12-/m0/s1. The number of hydrogen-bond acceptors (Lipinski definition) is 3. The molecule has 1 rings (SSSR count). The van der Waals surface area contributed by atoms with Gasteiger partial charge in [0, 0.05) is 13.1 Å². The highest BCUT2D eigenvalue weighted by atomic mass is 32.2. The minimum absolute atomic E-state index is 0.0375. The topological polar surface area (TPSA) is 66.5 Å². The number of nitrogens with zero attached hydrogens (tertiary/aromatic N) is 1. The van der Waals surface area contributed by atoms with Crippen LogP contribution in [0.1, 0.15) is 46.5 Å². The van der Waals surface area contributed by atoms with Crippen LogP contribution < -0.4 is 4.72 Å². The number of amides is 1. The van der Waals surface area contributed by atoms with Crippen LogP contribution >= 0.6 is 0 Å². The van der Waals surface area contributed by atoms with Crippen molar-refractivity contribution in [2.75, 3.05) is 18.8 Å². The van der Waals surface area contributed by atoms with Crippen molar-refractivity contribution < 1.29 is 13.2 Å². The summed E-state index contributed by atoms with van der Waals surface area (Å²) in [4.78, 5) is 14.1. The molecule has 19 heavy (non-hydrogen) atoms. The highest BCUT2D eigenvalue weighted by Gasteiger charge is 2.31. The normalized spacial score (nSPS) is 18.0. The van der Waals surface area contributed by atoms with E-state index in [2.05, 4.69) is 4.72 Å².